The van der Waals surface area contributed by atoms with Gasteiger partial charge in [0.25, 0.3) is 0 Å². The van der Waals surface area contributed by atoms with Gasteiger partial charge in [-0.1, -0.05) is 13.8 Å². The maximum Gasteiger partial charge on any atom is 0.345 e. The molecule has 0 aliphatic carbocycles. The van der Waals surface area contributed by atoms with Gasteiger partial charge in [0.1, 0.15) is 17.2 Å². The zero-order valence-corrected chi connectivity index (χ0v) is 18.3. The first-order valence-corrected chi connectivity index (χ1v) is 10.5. The molecular weight excluding hydrogens is 439 g/mol. The Morgan fingerprint density at radius 1 is 1.24 bits per heavy atom. The second-order valence-corrected chi connectivity index (χ2v) is 8.25. The molecular formula is C22H24F3N5O3. The van der Waals surface area contributed by atoms with Gasteiger partial charge in [-0.05, 0) is 31.0 Å². The normalized spacial score (nSPS) is 15.2. The van der Waals surface area contributed by atoms with Gasteiger partial charge < -0.3 is 24.7 Å². The Morgan fingerprint density at radius 2 is 1.94 bits per heavy atom. The fourth-order valence-corrected chi connectivity index (χ4v) is 3.73. The number of fused-ring (bicyclic) bond motifs is 1. The molecule has 33 heavy (non-hydrogen) atoms. The van der Waals surface area contributed by atoms with E-state index in [2.05, 4.69) is 25.3 Å². The number of benzene rings is 1. The van der Waals surface area contributed by atoms with Crippen LogP contribution in [0.5, 0.6) is 0 Å². The van der Waals surface area contributed by atoms with Crippen LogP contribution in [-0.2, 0) is 4.74 Å². The van der Waals surface area contributed by atoms with Crippen LogP contribution in [0, 0.1) is 18.7 Å². The van der Waals surface area contributed by atoms with Crippen molar-refractivity contribution in [3.8, 4) is 0 Å². The number of carbonyl (C=O) groups is 1. The van der Waals surface area contributed by atoms with Crippen molar-refractivity contribution in [2.24, 2.45) is 5.92 Å². The molecule has 1 fully saturated rings. The number of nitrogens with one attached hydrogen (secondary N) is 2. The van der Waals surface area contributed by atoms with Crippen LogP contribution in [-0.4, -0.2) is 41.8 Å². The number of hydrogen-bond donors (Lipinski definition) is 2. The van der Waals surface area contributed by atoms with Crippen molar-refractivity contribution >= 4 is 28.6 Å². The Labute approximate surface area is 188 Å². The zero-order chi connectivity index (χ0) is 23.7. The average Bonchev–Trinajstić information content (AvgIpc) is 3.05. The molecule has 0 spiro atoms. The molecule has 4 rings (SSSR count). The van der Waals surface area contributed by atoms with Gasteiger partial charge in [-0.15, -0.1) is 0 Å². The summed E-state index contributed by atoms with van der Waals surface area (Å²) in [6, 6.07) is 3.37. The summed E-state index contributed by atoms with van der Waals surface area (Å²) >= 11 is 0. The highest BCUT2D eigenvalue weighted by Gasteiger charge is 2.31. The summed E-state index contributed by atoms with van der Waals surface area (Å²) in [6.07, 6.45) is 2.31. The van der Waals surface area contributed by atoms with E-state index < -0.39 is 24.8 Å². The van der Waals surface area contributed by atoms with Crippen LogP contribution < -0.4 is 15.5 Å². The maximum absolute atomic E-state index is 13.6. The first-order valence-electron chi connectivity index (χ1n) is 10.5. The minimum absolute atomic E-state index is 0.00620. The van der Waals surface area contributed by atoms with E-state index in [-0.39, 0.29) is 24.8 Å². The van der Waals surface area contributed by atoms with Crippen LogP contribution in [0.1, 0.15) is 31.2 Å². The Morgan fingerprint density at radius 3 is 2.58 bits per heavy atom. The van der Waals surface area contributed by atoms with Crippen molar-refractivity contribution < 1.29 is 27.1 Å². The molecule has 3 aromatic rings. The van der Waals surface area contributed by atoms with Gasteiger partial charge in [-0.3, -0.25) is 0 Å². The van der Waals surface area contributed by atoms with Crippen molar-refractivity contribution in [2.45, 2.75) is 39.5 Å². The number of hydrogen-bond acceptors (Lipinski definition) is 6. The number of ether oxygens (including phenoxy) is 1. The van der Waals surface area contributed by atoms with Crippen LogP contribution in [0.2, 0.25) is 0 Å². The summed E-state index contributed by atoms with van der Waals surface area (Å²) in [7, 11) is 0. The van der Waals surface area contributed by atoms with E-state index in [1.165, 1.54) is 24.5 Å². The topological polar surface area (TPSA) is 92.5 Å². The lowest BCUT2D eigenvalue weighted by atomic mass is 9.98. The highest BCUT2D eigenvalue weighted by Crippen LogP contribution is 2.33. The highest BCUT2D eigenvalue weighted by molar-refractivity contribution is 5.89. The minimum Gasteiger partial charge on any atom is -0.459 e. The number of rotatable bonds is 7. The lowest BCUT2D eigenvalue weighted by Crippen LogP contribution is -2.53. The second-order valence-electron chi connectivity index (χ2n) is 8.25. The number of furan rings is 1. The van der Waals surface area contributed by atoms with Crippen LogP contribution in [0.3, 0.4) is 0 Å². The molecule has 0 radical (unpaired) electrons. The number of urea groups is 1. The van der Waals surface area contributed by atoms with Crippen LogP contribution in [0.25, 0.3) is 11.0 Å². The molecule has 1 aliphatic rings. The Hall–Kier alpha value is -3.34. The number of amides is 2. The van der Waals surface area contributed by atoms with Crippen LogP contribution in [0.15, 0.2) is 35.0 Å². The Kier molecular flexibility index (Phi) is 6.41. The van der Waals surface area contributed by atoms with Gasteiger partial charge in [0.15, 0.2) is 0 Å². The SMILES string of the molecule is Cc1c(C(NC(=O)Nc2cnc(N3CC(OC(F)F)C3)nc2)C(C)C)oc2ccc(F)cc12. The van der Waals surface area contributed by atoms with Gasteiger partial charge in [0.2, 0.25) is 5.95 Å². The van der Waals surface area contributed by atoms with Crippen molar-refractivity contribution in [2.75, 3.05) is 23.3 Å². The van der Waals surface area contributed by atoms with E-state index in [0.717, 1.165) is 5.56 Å². The summed E-state index contributed by atoms with van der Waals surface area (Å²) in [5, 5.41) is 6.23. The molecule has 11 heteroatoms. The molecule has 3 heterocycles. The maximum atomic E-state index is 13.6. The average molecular weight is 463 g/mol. The van der Waals surface area contributed by atoms with Crippen molar-refractivity contribution in [3.63, 3.8) is 0 Å². The largest absolute Gasteiger partial charge is 0.459 e. The number of carbonyl (C=O) groups excluding carboxylic acids is 1. The number of alkyl halides is 2. The van der Waals surface area contributed by atoms with Gasteiger partial charge in [-0.25, -0.2) is 19.2 Å². The minimum atomic E-state index is -2.80. The summed E-state index contributed by atoms with van der Waals surface area (Å²) in [5.74, 6) is 0.558. The van der Waals surface area contributed by atoms with E-state index in [1.54, 1.807) is 11.0 Å². The third-order valence-electron chi connectivity index (χ3n) is 5.49. The third-order valence-corrected chi connectivity index (χ3v) is 5.49. The quantitative estimate of drug-likeness (QED) is 0.531. The van der Waals surface area contributed by atoms with Crippen molar-refractivity contribution in [1.29, 1.82) is 0 Å². The fraction of sp³-hybridized carbons (Fsp3) is 0.409. The first-order chi connectivity index (χ1) is 15.7. The van der Waals surface area contributed by atoms with E-state index in [4.69, 9.17) is 4.42 Å². The molecule has 1 saturated heterocycles. The highest BCUT2D eigenvalue weighted by atomic mass is 19.3. The van der Waals surface area contributed by atoms with Crippen LogP contribution >= 0.6 is 0 Å². The number of aromatic nitrogens is 2. The number of aryl methyl sites for hydroxylation is 1. The number of halogens is 3. The van der Waals surface area contributed by atoms with E-state index in [1.807, 2.05) is 20.8 Å². The van der Waals surface area contributed by atoms with Gasteiger partial charge in [0.05, 0.1) is 30.2 Å². The third kappa shape index (κ3) is 5.03. The number of nitrogens with zero attached hydrogens (tertiary/aromatic N) is 3. The Balaban J connectivity index is 1.39. The summed E-state index contributed by atoms with van der Waals surface area (Å²) in [5.41, 5.74) is 1.68. The van der Waals surface area contributed by atoms with E-state index >= 15 is 0 Å². The standard InChI is InChI=1S/C22H24F3N5O3/c1-11(2)18(19-12(3)16-6-13(23)4-5-17(16)33-19)29-22(31)28-14-7-26-21(27-8-14)30-9-15(10-30)32-20(24)25/h4-8,11,15,18,20H,9-10H2,1-3H3,(H2,28,29,31). The lowest BCUT2D eigenvalue weighted by molar-refractivity contribution is -0.167. The monoisotopic (exact) mass is 463 g/mol. The molecule has 1 atom stereocenters. The predicted octanol–water partition coefficient (Wildman–Crippen LogP) is 4.62. The summed E-state index contributed by atoms with van der Waals surface area (Å²) in [6.45, 7) is 3.45. The molecule has 176 valence electrons. The van der Waals surface area contributed by atoms with E-state index in [0.29, 0.717) is 28.4 Å². The van der Waals surface area contributed by atoms with Gasteiger partial charge >= 0.3 is 12.6 Å². The molecule has 2 amide bonds. The van der Waals surface area contributed by atoms with Gasteiger partial charge in [0, 0.05) is 24.0 Å². The molecule has 2 N–H and O–H groups in total. The molecule has 1 aromatic carbocycles. The first kappa shape index (κ1) is 22.8. The fourth-order valence-electron chi connectivity index (χ4n) is 3.73. The number of anilines is 2. The van der Waals surface area contributed by atoms with E-state index in [9.17, 15) is 18.0 Å². The molecule has 0 bridgehead atoms. The molecule has 1 unspecified atom stereocenters. The molecule has 0 saturated carbocycles. The summed E-state index contributed by atoms with van der Waals surface area (Å²) < 4.78 is 48.4. The van der Waals surface area contributed by atoms with Crippen molar-refractivity contribution in [1.82, 2.24) is 15.3 Å². The molecule has 2 aromatic heterocycles. The lowest BCUT2D eigenvalue weighted by Gasteiger charge is -2.38. The van der Waals surface area contributed by atoms with Gasteiger partial charge in [-0.2, -0.15) is 8.78 Å². The van der Waals surface area contributed by atoms with Crippen molar-refractivity contribution in [3.05, 3.63) is 47.7 Å². The Bertz CT molecular complexity index is 1130. The second kappa shape index (κ2) is 9.26. The predicted molar refractivity (Wildman–Crippen MR) is 116 cm³/mol. The molecule has 8 nitrogen and oxygen atoms in total. The zero-order valence-electron chi connectivity index (χ0n) is 18.3. The summed E-state index contributed by atoms with van der Waals surface area (Å²) in [4.78, 5) is 22.7. The van der Waals surface area contributed by atoms with Crippen LogP contribution in [0.4, 0.5) is 29.6 Å². The molecule has 1 aliphatic heterocycles. The smallest absolute Gasteiger partial charge is 0.345 e.